The Morgan fingerprint density at radius 3 is 2.52 bits per heavy atom. The summed E-state index contributed by atoms with van der Waals surface area (Å²) in [5.74, 6) is -0.924. The highest BCUT2D eigenvalue weighted by Crippen LogP contribution is 2.21. The van der Waals surface area contributed by atoms with Crippen LogP contribution in [0.5, 0.6) is 0 Å². The molecule has 6 heteroatoms. The molecule has 4 rings (SSSR count). The Morgan fingerprint density at radius 2 is 1.74 bits per heavy atom. The predicted octanol–water partition coefficient (Wildman–Crippen LogP) is 4.62. The number of benzene rings is 3. The van der Waals surface area contributed by atoms with Crippen LogP contribution in [0.3, 0.4) is 0 Å². The van der Waals surface area contributed by atoms with E-state index >= 15 is 0 Å². The quantitative estimate of drug-likeness (QED) is 0.483. The van der Waals surface area contributed by atoms with Gasteiger partial charge in [0.05, 0.1) is 17.1 Å². The fourth-order valence-corrected chi connectivity index (χ4v) is 3.47. The van der Waals surface area contributed by atoms with Gasteiger partial charge in [0, 0.05) is 6.54 Å². The number of aryl methyl sites for hydroxylation is 1. The summed E-state index contributed by atoms with van der Waals surface area (Å²) < 4.78 is 16.0. The fourth-order valence-electron chi connectivity index (χ4n) is 3.47. The Labute approximate surface area is 180 Å². The summed E-state index contributed by atoms with van der Waals surface area (Å²) in [4.78, 5) is 13.0. The van der Waals surface area contributed by atoms with E-state index in [2.05, 4.69) is 10.4 Å². The van der Waals surface area contributed by atoms with Gasteiger partial charge in [-0.25, -0.2) is 9.07 Å². The second-order valence-electron chi connectivity index (χ2n) is 7.39. The van der Waals surface area contributed by atoms with Gasteiger partial charge in [-0.2, -0.15) is 5.10 Å². The van der Waals surface area contributed by atoms with Crippen LogP contribution in [0.25, 0.3) is 5.69 Å². The van der Waals surface area contributed by atoms with E-state index in [4.69, 9.17) is 5.73 Å². The average Bonchev–Trinajstić information content (AvgIpc) is 3.19. The van der Waals surface area contributed by atoms with Gasteiger partial charge in [0.1, 0.15) is 11.5 Å². The van der Waals surface area contributed by atoms with Crippen molar-refractivity contribution in [2.24, 2.45) is 5.73 Å². The molecule has 0 aliphatic carbocycles. The standard InChI is InChI=1S/C25H23FN4O/c1-17-12-24(30(29-17)21-9-5-8-20(14-21)16-27)25(31)28-23-15-19(10-11-22(23)26)13-18-6-3-2-4-7-18/h2-12,14-15H,13,16,27H2,1H3,(H,28,31). The smallest absolute Gasteiger partial charge is 0.274 e. The molecule has 0 bridgehead atoms. The Balaban J connectivity index is 1.61. The average molecular weight is 414 g/mol. The van der Waals surface area contributed by atoms with E-state index in [-0.39, 0.29) is 5.69 Å². The van der Waals surface area contributed by atoms with Crippen LogP contribution in [0.1, 0.15) is 32.9 Å². The molecule has 0 saturated carbocycles. The molecule has 156 valence electrons. The number of hydrogen-bond donors (Lipinski definition) is 2. The van der Waals surface area contributed by atoms with Gasteiger partial charge in [0.25, 0.3) is 5.91 Å². The molecule has 1 aromatic heterocycles. The zero-order valence-corrected chi connectivity index (χ0v) is 17.2. The number of carbonyl (C=O) groups is 1. The molecule has 0 aliphatic heterocycles. The molecule has 0 fully saturated rings. The summed E-state index contributed by atoms with van der Waals surface area (Å²) in [6, 6.07) is 23.9. The van der Waals surface area contributed by atoms with Crippen molar-refractivity contribution < 1.29 is 9.18 Å². The van der Waals surface area contributed by atoms with Crippen LogP contribution in [0.2, 0.25) is 0 Å². The van der Waals surface area contributed by atoms with E-state index in [9.17, 15) is 9.18 Å². The number of nitrogens with two attached hydrogens (primary N) is 1. The van der Waals surface area contributed by atoms with E-state index < -0.39 is 11.7 Å². The van der Waals surface area contributed by atoms with Crippen LogP contribution in [0.15, 0.2) is 78.9 Å². The molecule has 0 aliphatic rings. The number of nitrogens with one attached hydrogen (secondary N) is 1. The zero-order valence-electron chi connectivity index (χ0n) is 17.2. The van der Waals surface area contributed by atoms with E-state index in [1.807, 2.05) is 54.6 Å². The number of halogens is 1. The van der Waals surface area contributed by atoms with Gasteiger partial charge in [0.15, 0.2) is 0 Å². The Morgan fingerprint density at radius 1 is 0.968 bits per heavy atom. The van der Waals surface area contributed by atoms with Crippen LogP contribution in [-0.2, 0) is 13.0 Å². The highest BCUT2D eigenvalue weighted by atomic mass is 19.1. The third-order valence-corrected chi connectivity index (χ3v) is 4.99. The number of rotatable bonds is 6. The monoisotopic (exact) mass is 414 g/mol. The molecule has 3 aromatic carbocycles. The normalized spacial score (nSPS) is 10.8. The van der Waals surface area contributed by atoms with Crippen molar-refractivity contribution >= 4 is 11.6 Å². The first kappa shape index (κ1) is 20.5. The second-order valence-corrected chi connectivity index (χ2v) is 7.39. The second kappa shape index (κ2) is 8.93. The summed E-state index contributed by atoms with van der Waals surface area (Å²) >= 11 is 0. The number of anilines is 1. The van der Waals surface area contributed by atoms with E-state index in [0.717, 1.165) is 22.4 Å². The van der Waals surface area contributed by atoms with Crippen molar-refractivity contribution in [3.63, 3.8) is 0 Å². The lowest BCUT2D eigenvalue weighted by molar-refractivity contribution is 0.101. The van der Waals surface area contributed by atoms with Crippen molar-refractivity contribution in [1.82, 2.24) is 9.78 Å². The molecule has 1 heterocycles. The number of hydrogen-bond acceptors (Lipinski definition) is 3. The van der Waals surface area contributed by atoms with Gasteiger partial charge in [-0.05, 0) is 60.4 Å². The first-order valence-electron chi connectivity index (χ1n) is 10.0. The van der Waals surface area contributed by atoms with Crippen LogP contribution >= 0.6 is 0 Å². The first-order chi connectivity index (χ1) is 15.0. The van der Waals surface area contributed by atoms with Crippen molar-refractivity contribution in [2.45, 2.75) is 19.9 Å². The van der Waals surface area contributed by atoms with Crippen molar-refractivity contribution in [2.75, 3.05) is 5.32 Å². The summed E-state index contributed by atoms with van der Waals surface area (Å²) in [5.41, 5.74) is 10.5. The lowest BCUT2D eigenvalue weighted by Crippen LogP contribution is -2.18. The molecule has 5 nitrogen and oxygen atoms in total. The van der Waals surface area contributed by atoms with Crippen LogP contribution < -0.4 is 11.1 Å². The maximum atomic E-state index is 14.5. The van der Waals surface area contributed by atoms with Crippen LogP contribution in [-0.4, -0.2) is 15.7 Å². The van der Waals surface area contributed by atoms with E-state index in [1.165, 1.54) is 6.07 Å². The molecular weight excluding hydrogens is 391 g/mol. The molecule has 0 radical (unpaired) electrons. The van der Waals surface area contributed by atoms with Gasteiger partial charge in [0.2, 0.25) is 0 Å². The fraction of sp³-hybridized carbons (Fsp3) is 0.120. The van der Waals surface area contributed by atoms with E-state index in [1.54, 1.807) is 29.8 Å². The number of aromatic nitrogens is 2. The Hall–Kier alpha value is -3.77. The largest absolute Gasteiger partial charge is 0.326 e. The Bertz CT molecular complexity index is 1220. The number of carbonyl (C=O) groups excluding carboxylic acids is 1. The summed E-state index contributed by atoms with van der Waals surface area (Å²) in [6.45, 7) is 2.19. The molecule has 1 amide bonds. The van der Waals surface area contributed by atoms with Gasteiger partial charge in [-0.15, -0.1) is 0 Å². The van der Waals surface area contributed by atoms with Crippen LogP contribution in [0, 0.1) is 12.7 Å². The third-order valence-electron chi connectivity index (χ3n) is 4.99. The summed E-state index contributed by atoms with van der Waals surface area (Å²) in [7, 11) is 0. The van der Waals surface area contributed by atoms with Crippen molar-refractivity contribution in [1.29, 1.82) is 0 Å². The van der Waals surface area contributed by atoms with Gasteiger partial charge < -0.3 is 11.1 Å². The maximum absolute atomic E-state index is 14.5. The number of nitrogens with zero attached hydrogens (tertiary/aromatic N) is 2. The highest BCUT2D eigenvalue weighted by molar-refractivity contribution is 6.03. The first-order valence-corrected chi connectivity index (χ1v) is 10.0. The van der Waals surface area contributed by atoms with Gasteiger partial charge >= 0.3 is 0 Å². The van der Waals surface area contributed by atoms with Crippen molar-refractivity contribution in [3.05, 3.63) is 113 Å². The lowest BCUT2D eigenvalue weighted by atomic mass is 10.0. The molecule has 0 atom stereocenters. The summed E-state index contributed by atoms with van der Waals surface area (Å²) in [6.07, 6.45) is 0.646. The number of amides is 1. The molecule has 0 saturated heterocycles. The predicted molar refractivity (Wildman–Crippen MR) is 120 cm³/mol. The van der Waals surface area contributed by atoms with Crippen molar-refractivity contribution in [3.8, 4) is 5.69 Å². The molecule has 31 heavy (non-hydrogen) atoms. The molecule has 4 aromatic rings. The zero-order chi connectivity index (χ0) is 21.8. The minimum absolute atomic E-state index is 0.138. The maximum Gasteiger partial charge on any atom is 0.274 e. The topological polar surface area (TPSA) is 72.9 Å². The minimum Gasteiger partial charge on any atom is -0.326 e. The Kier molecular flexibility index (Phi) is 5.91. The highest BCUT2D eigenvalue weighted by Gasteiger charge is 2.17. The van der Waals surface area contributed by atoms with Crippen LogP contribution in [0.4, 0.5) is 10.1 Å². The molecule has 3 N–H and O–H groups in total. The van der Waals surface area contributed by atoms with E-state index in [0.29, 0.717) is 24.4 Å². The molecule has 0 unspecified atom stereocenters. The third kappa shape index (κ3) is 4.70. The molecule has 0 spiro atoms. The van der Waals surface area contributed by atoms with Gasteiger partial charge in [-0.3, -0.25) is 4.79 Å². The minimum atomic E-state index is -0.488. The lowest BCUT2D eigenvalue weighted by Gasteiger charge is -2.11. The van der Waals surface area contributed by atoms with Gasteiger partial charge in [-0.1, -0.05) is 48.5 Å². The SMILES string of the molecule is Cc1cc(C(=O)Nc2cc(Cc3ccccc3)ccc2F)n(-c2cccc(CN)c2)n1. The summed E-state index contributed by atoms with van der Waals surface area (Å²) in [5, 5.41) is 7.14. The molecular formula is C25H23FN4O.